The molecule has 0 spiro atoms. The van der Waals surface area contributed by atoms with Crippen molar-refractivity contribution in [2.24, 2.45) is 0 Å². The van der Waals surface area contributed by atoms with Gasteiger partial charge in [0.25, 0.3) is 10.0 Å². The molecule has 3 rings (SSSR count). The second-order valence-electron chi connectivity index (χ2n) is 4.75. The third kappa shape index (κ3) is 2.73. The monoisotopic (exact) mass is 304 g/mol. The zero-order valence-corrected chi connectivity index (χ0v) is 11.8. The Hall–Kier alpha value is -2.03. The summed E-state index contributed by atoms with van der Waals surface area (Å²) in [6.45, 7) is 0.321. The quantitative estimate of drug-likeness (QED) is 0.559. The zero-order valence-electron chi connectivity index (χ0n) is 11.0. The average Bonchev–Trinajstić information content (AvgIpc) is 2.80. The van der Waals surface area contributed by atoms with Crippen molar-refractivity contribution in [2.75, 3.05) is 10.5 Å². The van der Waals surface area contributed by atoms with Gasteiger partial charge in [0, 0.05) is 11.4 Å². The summed E-state index contributed by atoms with van der Waals surface area (Å²) in [5, 5.41) is 9.64. The Bertz CT molecular complexity index is 777. The molecule has 1 aliphatic heterocycles. The second kappa shape index (κ2) is 5.07. The number of nitrogens with two attached hydrogens (primary N) is 1. The van der Waals surface area contributed by atoms with E-state index in [1.807, 2.05) is 0 Å². The summed E-state index contributed by atoms with van der Waals surface area (Å²) in [6.07, 6.45) is 0. The van der Waals surface area contributed by atoms with Crippen LogP contribution in [-0.2, 0) is 21.3 Å². The third-order valence-electron chi connectivity index (χ3n) is 3.25. The first kappa shape index (κ1) is 13.9. The minimum atomic E-state index is -3.69. The Morgan fingerprint density at radius 2 is 1.90 bits per heavy atom. The lowest BCUT2D eigenvalue weighted by atomic mass is 9.79. The van der Waals surface area contributed by atoms with Crippen molar-refractivity contribution in [3.05, 3.63) is 48.0 Å². The molecule has 108 valence electrons. The van der Waals surface area contributed by atoms with E-state index in [4.69, 9.17) is 10.4 Å². The standard InChI is InChI=1S/C13H13BN2O4S/c15-10-2-5-12(6-3-10)21(18,19)16-11-4-1-9-8-20-14(17)13(9)7-11/h1-7,16-17H,8,15H2. The van der Waals surface area contributed by atoms with Crippen LogP contribution in [0.4, 0.5) is 11.4 Å². The number of anilines is 2. The van der Waals surface area contributed by atoms with Crippen LogP contribution < -0.4 is 15.9 Å². The van der Waals surface area contributed by atoms with E-state index in [9.17, 15) is 13.4 Å². The van der Waals surface area contributed by atoms with Crippen molar-refractivity contribution in [1.29, 1.82) is 0 Å². The number of rotatable bonds is 3. The molecule has 4 N–H and O–H groups in total. The van der Waals surface area contributed by atoms with E-state index in [-0.39, 0.29) is 4.90 Å². The highest BCUT2D eigenvalue weighted by atomic mass is 32.2. The molecule has 2 aromatic carbocycles. The molecule has 0 saturated carbocycles. The molecular weight excluding hydrogens is 291 g/mol. The maximum Gasteiger partial charge on any atom is 0.491 e. The van der Waals surface area contributed by atoms with Crippen LogP contribution in [-0.4, -0.2) is 20.6 Å². The minimum absolute atomic E-state index is 0.119. The van der Waals surface area contributed by atoms with E-state index in [1.165, 1.54) is 24.3 Å². The van der Waals surface area contributed by atoms with Gasteiger partial charge >= 0.3 is 7.12 Å². The molecule has 21 heavy (non-hydrogen) atoms. The number of fused-ring (bicyclic) bond motifs is 1. The van der Waals surface area contributed by atoms with Gasteiger partial charge in [-0.15, -0.1) is 0 Å². The van der Waals surface area contributed by atoms with E-state index in [0.717, 1.165) is 5.56 Å². The molecule has 0 saturated heterocycles. The zero-order chi connectivity index (χ0) is 15.0. The topological polar surface area (TPSA) is 102 Å². The van der Waals surface area contributed by atoms with Gasteiger partial charge < -0.3 is 15.4 Å². The van der Waals surface area contributed by atoms with Gasteiger partial charge in [-0.1, -0.05) is 6.07 Å². The highest BCUT2D eigenvalue weighted by Gasteiger charge is 2.27. The maximum absolute atomic E-state index is 12.2. The summed E-state index contributed by atoms with van der Waals surface area (Å²) < 4.78 is 32.0. The van der Waals surface area contributed by atoms with Crippen LogP contribution in [0.5, 0.6) is 0 Å². The van der Waals surface area contributed by atoms with Crippen LogP contribution in [0.25, 0.3) is 0 Å². The maximum atomic E-state index is 12.2. The summed E-state index contributed by atoms with van der Waals surface area (Å²) in [5.41, 5.74) is 7.83. The summed E-state index contributed by atoms with van der Waals surface area (Å²) in [6, 6.07) is 10.8. The fourth-order valence-electron chi connectivity index (χ4n) is 2.14. The predicted molar refractivity (Wildman–Crippen MR) is 80.5 cm³/mol. The lowest BCUT2D eigenvalue weighted by Crippen LogP contribution is -2.28. The molecule has 0 amide bonds. The van der Waals surface area contributed by atoms with Gasteiger partial charge in [0.05, 0.1) is 11.5 Å². The lowest BCUT2D eigenvalue weighted by molar-refractivity contribution is 0.275. The molecule has 6 nitrogen and oxygen atoms in total. The van der Waals surface area contributed by atoms with Crippen LogP contribution in [0.2, 0.25) is 0 Å². The molecule has 0 unspecified atom stereocenters. The molecule has 2 aromatic rings. The Balaban J connectivity index is 1.89. The smallest absolute Gasteiger partial charge is 0.423 e. The largest absolute Gasteiger partial charge is 0.491 e. The Labute approximate surface area is 122 Å². The summed E-state index contributed by atoms with van der Waals surface area (Å²) >= 11 is 0. The fourth-order valence-corrected chi connectivity index (χ4v) is 3.19. The highest BCUT2D eigenvalue weighted by molar-refractivity contribution is 7.92. The van der Waals surface area contributed by atoms with E-state index in [1.54, 1.807) is 18.2 Å². The molecule has 8 heteroatoms. The first-order valence-corrected chi connectivity index (χ1v) is 7.75. The number of hydrogen-bond acceptors (Lipinski definition) is 5. The van der Waals surface area contributed by atoms with Crippen LogP contribution in [0.3, 0.4) is 0 Å². The molecule has 1 aliphatic rings. The van der Waals surface area contributed by atoms with E-state index in [0.29, 0.717) is 23.4 Å². The van der Waals surface area contributed by atoms with E-state index >= 15 is 0 Å². The first-order valence-electron chi connectivity index (χ1n) is 6.26. The van der Waals surface area contributed by atoms with Gasteiger partial charge in [0.2, 0.25) is 0 Å². The summed E-state index contributed by atoms with van der Waals surface area (Å²) in [5.74, 6) is 0. The van der Waals surface area contributed by atoms with Gasteiger partial charge in [0.1, 0.15) is 0 Å². The number of benzene rings is 2. The van der Waals surface area contributed by atoms with Crippen molar-refractivity contribution in [2.45, 2.75) is 11.5 Å². The Morgan fingerprint density at radius 3 is 2.62 bits per heavy atom. The van der Waals surface area contributed by atoms with Gasteiger partial charge in [-0.25, -0.2) is 8.42 Å². The van der Waals surface area contributed by atoms with Crippen LogP contribution in [0, 0.1) is 0 Å². The molecular formula is C13H13BN2O4S. The van der Waals surface area contributed by atoms with Gasteiger partial charge in [0.15, 0.2) is 0 Å². The first-order chi connectivity index (χ1) is 9.95. The molecule has 0 fully saturated rings. The van der Waals surface area contributed by atoms with Crippen molar-refractivity contribution in [1.82, 2.24) is 0 Å². The Morgan fingerprint density at radius 1 is 1.19 bits per heavy atom. The number of hydrogen-bond donors (Lipinski definition) is 3. The van der Waals surface area contributed by atoms with Crippen molar-refractivity contribution >= 4 is 34.0 Å². The average molecular weight is 304 g/mol. The Kier molecular flexibility index (Phi) is 3.36. The van der Waals surface area contributed by atoms with E-state index < -0.39 is 17.1 Å². The van der Waals surface area contributed by atoms with Crippen LogP contribution in [0.1, 0.15) is 5.56 Å². The minimum Gasteiger partial charge on any atom is -0.423 e. The summed E-state index contributed by atoms with van der Waals surface area (Å²) in [4.78, 5) is 0.119. The van der Waals surface area contributed by atoms with Gasteiger partial charge in [-0.2, -0.15) is 0 Å². The van der Waals surface area contributed by atoms with Gasteiger partial charge in [-0.3, -0.25) is 4.72 Å². The fraction of sp³-hybridized carbons (Fsp3) is 0.0769. The normalized spacial score (nSPS) is 14.0. The van der Waals surface area contributed by atoms with Gasteiger partial charge in [-0.05, 0) is 47.4 Å². The van der Waals surface area contributed by atoms with Crippen molar-refractivity contribution < 1.29 is 18.1 Å². The molecule has 0 atom stereocenters. The molecule has 0 aromatic heterocycles. The lowest BCUT2D eigenvalue weighted by Gasteiger charge is -2.09. The molecule has 1 heterocycles. The predicted octanol–water partition coefficient (Wildman–Crippen LogP) is 0.287. The number of sulfonamides is 1. The van der Waals surface area contributed by atoms with E-state index in [2.05, 4.69) is 4.72 Å². The number of nitrogen functional groups attached to an aromatic ring is 1. The SMILES string of the molecule is Nc1ccc(S(=O)(=O)Nc2ccc3c(c2)B(O)OC3)cc1. The number of nitrogens with one attached hydrogen (secondary N) is 1. The van der Waals surface area contributed by atoms with Crippen molar-refractivity contribution in [3.63, 3.8) is 0 Å². The molecule has 0 aliphatic carbocycles. The summed E-state index contributed by atoms with van der Waals surface area (Å²) in [7, 11) is -4.71. The third-order valence-corrected chi connectivity index (χ3v) is 4.65. The van der Waals surface area contributed by atoms with Crippen LogP contribution >= 0.6 is 0 Å². The highest BCUT2D eigenvalue weighted by Crippen LogP contribution is 2.19. The molecule has 0 bridgehead atoms. The van der Waals surface area contributed by atoms with Crippen molar-refractivity contribution in [3.8, 4) is 0 Å². The van der Waals surface area contributed by atoms with Crippen LogP contribution in [0.15, 0.2) is 47.4 Å². The second-order valence-corrected chi connectivity index (χ2v) is 6.43. The molecule has 0 radical (unpaired) electrons.